The van der Waals surface area contributed by atoms with Crippen molar-refractivity contribution in [1.29, 1.82) is 0 Å². The Hall–Kier alpha value is -1.36. The van der Waals surface area contributed by atoms with Crippen LogP contribution in [0.1, 0.15) is 50.0 Å². The molecule has 0 atom stereocenters. The van der Waals surface area contributed by atoms with Crippen LogP contribution in [-0.2, 0) is 11.3 Å². The van der Waals surface area contributed by atoms with E-state index in [4.69, 9.17) is 10.3 Å². The van der Waals surface area contributed by atoms with Gasteiger partial charge in [0.2, 0.25) is 5.91 Å². The van der Waals surface area contributed by atoms with Crippen molar-refractivity contribution < 1.29 is 9.32 Å². The number of carbonyl (C=O) groups is 1. The van der Waals surface area contributed by atoms with Gasteiger partial charge >= 0.3 is 0 Å². The Kier molecular flexibility index (Phi) is 4.01. The molecule has 5 nitrogen and oxygen atoms in total. The lowest BCUT2D eigenvalue weighted by atomic mass is 9.80. The molecule has 1 saturated carbocycles. The normalized spacial score (nSPS) is 18.6. The first-order chi connectivity index (χ1) is 8.57. The SMILES string of the molecule is Cc1cc(CNC(=O)CC2(N)CCCCC2)on1. The van der Waals surface area contributed by atoms with Crippen molar-refractivity contribution in [3.8, 4) is 0 Å². The van der Waals surface area contributed by atoms with Gasteiger partial charge in [-0.05, 0) is 19.8 Å². The minimum atomic E-state index is -0.306. The maximum Gasteiger partial charge on any atom is 0.222 e. The summed E-state index contributed by atoms with van der Waals surface area (Å²) in [6.07, 6.45) is 5.79. The molecule has 0 radical (unpaired) electrons. The van der Waals surface area contributed by atoms with E-state index >= 15 is 0 Å². The lowest BCUT2D eigenvalue weighted by Gasteiger charge is -2.32. The van der Waals surface area contributed by atoms with Gasteiger partial charge in [0.1, 0.15) is 0 Å². The Bertz CT molecular complexity index is 408. The highest BCUT2D eigenvalue weighted by Gasteiger charge is 2.29. The van der Waals surface area contributed by atoms with E-state index < -0.39 is 0 Å². The number of amides is 1. The Morgan fingerprint density at radius 3 is 2.83 bits per heavy atom. The van der Waals surface area contributed by atoms with E-state index in [-0.39, 0.29) is 11.4 Å². The fraction of sp³-hybridized carbons (Fsp3) is 0.692. The fourth-order valence-corrected chi connectivity index (χ4v) is 2.50. The zero-order valence-electron chi connectivity index (χ0n) is 10.9. The molecule has 0 aliphatic heterocycles. The molecule has 1 aromatic rings. The van der Waals surface area contributed by atoms with Gasteiger partial charge in [-0.25, -0.2) is 0 Å². The Morgan fingerprint density at radius 2 is 2.22 bits per heavy atom. The number of rotatable bonds is 4. The average Bonchev–Trinajstić information content (AvgIpc) is 2.73. The monoisotopic (exact) mass is 251 g/mol. The van der Waals surface area contributed by atoms with Crippen molar-refractivity contribution in [3.63, 3.8) is 0 Å². The molecule has 0 bridgehead atoms. The van der Waals surface area contributed by atoms with Crippen LogP contribution in [0, 0.1) is 6.92 Å². The first-order valence-electron chi connectivity index (χ1n) is 6.55. The first kappa shape index (κ1) is 13.1. The van der Waals surface area contributed by atoms with Gasteiger partial charge in [0.05, 0.1) is 12.2 Å². The summed E-state index contributed by atoms with van der Waals surface area (Å²) >= 11 is 0. The van der Waals surface area contributed by atoms with Gasteiger partial charge in [0, 0.05) is 18.0 Å². The summed E-state index contributed by atoms with van der Waals surface area (Å²) in [7, 11) is 0. The number of nitrogens with zero attached hydrogens (tertiary/aromatic N) is 1. The van der Waals surface area contributed by atoms with Gasteiger partial charge in [-0.3, -0.25) is 4.79 Å². The number of hydrogen-bond acceptors (Lipinski definition) is 4. The summed E-state index contributed by atoms with van der Waals surface area (Å²) in [5.41, 5.74) is 6.75. The minimum absolute atomic E-state index is 0.00606. The van der Waals surface area contributed by atoms with E-state index in [0.717, 1.165) is 31.4 Å². The highest BCUT2D eigenvalue weighted by molar-refractivity contribution is 5.77. The molecule has 1 amide bonds. The first-order valence-corrected chi connectivity index (χ1v) is 6.55. The molecule has 2 rings (SSSR count). The second-order valence-electron chi connectivity index (χ2n) is 5.31. The third kappa shape index (κ3) is 3.57. The van der Waals surface area contributed by atoms with Gasteiger partial charge in [-0.1, -0.05) is 24.4 Å². The lowest BCUT2D eigenvalue weighted by Crippen LogP contribution is -2.45. The summed E-state index contributed by atoms with van der Waals surface area (Å²) in [5, 5.41) is 6.61. The van der Waals surface area contributed by atoms with Crippen LogP contribution in [0.15, 0.2) is 10.6 Å². The van der Waals surface area contributed by atoms with Crippen LogP contribution in [0.25, 0.3) is 0 Å². The van der Waals surface area contributed by atoms with E-state index in [2.05, 4.69) is 10.5 Å². The molecule has 0 saturated heterocycles. The van der Waals surface area contributed by atoms with Crippen molar-refractivity contribution in [2.45, 2.75) is 57.5 Å². The second-order valence-corrected chi connectivity index (χ2v) is 5.31. The van der Waals surface area contributed by atoms with Crippen LogP contribution in [0.3, 0.4) is 0 Å². The molecular weight excluding hydrogens is 230 g/mol. The van der Waals surface area contributed by atoms with Crippen molar-refractivity contribution in [3.05, 3.63) is 17.5 Å². The molecule has 1 heterocycles. The molecule has 0 aromatic carbocycles. The highest BCUT2D eigenvalue weighted by Crippen LogP contribution is 2.28. The number of carbonyl (C=O) groups excluding carboxylic acids is 1. The zero-order chi connectivity index (χ0) is 13.0. The van der Waals surface area contributed by atoms with Crippen molar-refractivity contribution in [2.75, 3.05) is 0 Å². The Morgan fingerprint density at radius 1 is 1.50 bits per heavy atom. The topological polar surface area (TPSA) is 81.2 Å². The Balaban J connectivity index is 1.78. The van der Waals surface area contributed by atoms with Crippen molar-refractivity contribution in [1.82, 2.24) is 10.5 Å². The quantitative estimate of drug-likeness (QED) is 0.852. The highest BCUT2D eigenvalue weighted by atomic mass is 16.5. The predicted molar refractivity (Wildman–Crippen MR) is 67.7 cm³/mol. The van der Waals surface area contributed by atoms with Crippen LogP contribution < -0.4 is 11.1 Å². The van der Waals surface area contributed by atoms with E-state index in [0.29, 0.717) is 18.7 Å². The fourth-order valence-electron chi connectivity index (χ4n) is 2.50. The van der Waals surface area contributed by atoms with Gasteiger partial charge in [-0.2, -0.15) is 0 Å². The van der Waals surface area contributed by atoms with Crippen LogP contribution >= 0.6 is 0 Å². The van der Waals surface area contributed by atoms with Crippen LogP contribution in [0.4, 0.5) is 0 Å². The van der Waals surface area contributed by atoms with E-state index in [1.807, 2.05) is 13.0 Å². The maximum atomic E-state index is 11.8. The zero-order valence-corrected chi connectivity index (χ0v) is 10.9. The smallest absolute Gasteiger partial charge is 0.222 e. The number of aryl methyl sites for hydroxylation is 1. The summed E-state index contributed by atoms with van der Waals surface area (Å²) in [5.74, 6) is 0.670. The molecule has 1 aliphatic rings. The third-order valence-electron chi connectivity index (χ3n) is 3.50. The molecule has 0 unspecified atom stereocenters. The van der Waals surface area contributed by atoms with Crippen LogP contribution in [0.2, 0.25) is 0 Å². The molecule has 5 heteroatoms. The third-order valence-corrected chi connectivity index (χ3v) is 3.50. The Labute approximate surface area is 107 Å². The van der Waals surface area contributed by atoms with Gasteiger partial charge < -0.3 is 15.6 Å². The van der Waals surface area contributed by atoms with Gasteiger partial charge in [-0.15, -0.1) is 0 Å². The summed E-state index contributed by atoms with van der Waals surface area (Å²) in [6, 6.07) is 1.82. The standard InChI is InChI=1S/C13H21N3O2/c1-10-7-11(18-16-10)9-15-12(17)8-13(14)5-3-2-4-6-13/h7H,2-6,8-9,14H2,1H3,(H,15,17). The van der Waals surface area contributed by atoms with Gasteiger partial charge in [0.25, 0.3) is 0 Å². The molecule has 18 heavy (non-hydrogen) atoms. The molecule has 1 aliphatic carbocycles. The average molecular weight is 251 g/mol. The maximum absolute atomic E-state index is 11.8. The predicted octanol–water partition coefficient (Wildman–Crippen LogP) is 1.65. The number of hydrogen-bond donors (Lipinski definition) is 2. The number of nitrogens with one attached hydrogen (secondary N) is 1. The summed E-state index contributed by atoms with van der Waals surface area (Å²) < 4.78 is 5.03. The minimum Gasteiger partial charge on any atom is -0.359 e. The molecule has 0 spiro atoms. The molecule has 100 valence electrons. The van der Waals surface area contributed by atoms with Gasteiger partial charge in [0.15, 0.2) is 5.76 Å². The molecular formula is C13H21N3O2. The second kappa shape index (κ2) is 5.52. The van der Waals surface area contributed by atoms with E-state index in [1.54, 1.807) is 0 Å². The van der Waals surface area contributed by atoms with Crippen LogP contribution in [-0.4, -0.2) is 16.6 Å². The van der Waals surface area contributed by atoms with Crippen LogP contribution in [0.5, 0.6) is 0 Å². The molecule has 1 aromatic heterocycles. The molecule has 1 fully saturated rings. The molecule has 3 N–H and O–H groups in total. The number of aromatic nitrogens is 1. The van der Waals surface area contributed by atoms with Crippen molar-refractivity contribution in [2.24, 2.45) is 5.73 Å². The lowest BCUT2D eigenvalue weighted by molar-refractivity contribution is -0.122. The van der Waals surface area contributed by atoms with E-state index in [1.165, 1.54) is 6.42 Å². The number of nitrogens with two attached hydrogens (primary N) is 1. The largest absolute Gasteiger partial charge is 0.359 e. The summed E-state index contributed by atoms with van der Waals surface area (Å²) in [6.45, 7) is 2.24. The van der Waals surface area contributed by atoms with Crippen molar-refractivity contribution >= 4 is 5.91 Å². The van der Waals surface area contributed by atoms with E-state index in [9.17, 15) is 4.79 Å². The summed E-state index contributed by atoms with van der Waals surface area (Å²) in [4.78, 5) is 11.8.